The third kappa shape index (κ3) is 5.27. The molecule has 17 heavy (non-hydrogen) atoms. The van der Waals surface area contributed by atoms with Crippen LogP contribution in [0.15, 0.2) is 0 Å². The lowest BCUT2D eigenvalue weighted by Crippen LogP contribution is -2.37. The van der Waals surface area contributed by atoms with Crippen molar-refractivity contribution in [2.24, 2.45) is 5.73 Å². The highest BCUT2D eigenvalue weighted by Crippen LogP contribution is 2.23. The van der Waals surface area contributed by atoms with Crippen molar-refractivity contribution in [1.82, 2.24) is 0 Å². The van der Waals surface area contributed by atoms with Crippen LogP contribution < -0.4 is 5.73 Å². The smallest absolute Gasteiger partial charge is 0.323 e. The van der Waals surface area contributed by atoms with Gasteiger partial charge in [-0.05, 0) is 37.7 Å². The van der Waals surface area contributed by atoms with Gasteiger partial charge in [-0.1, -0.05) is 0 Å². The van der Waals surface area contributed by atoms with E-state index >= 15 is 0 Å². The molecule has 0 aromatic heterocycles. The van der Waals surface area contributed by atoms with Crippen LogP contribution in [0.4, 0.5) is 0 Å². The van der Waals surface area contributed by atoms with Crippen molar-refractivity contribution in [2.45, 2.75) is 50.4 Å². The van der Waals surface area contributed by atoms with E-state index in [0.29, 0.717) is 6.42 Å². The number of thioether (sulfide) groups is 1. The zero-order valence-electron chi connectivity index (χ0n) is 10.7. The first-order chi connectivity index (χ1) is 8.17. The molecule has 0 aromatic rings. The van der Waals surface area contributed by atoms with Crippen LogP contribution in [0.3, 0.4) is 0 Å². The van der Waals surface area contributed by atoms with E-state index in [2.05, 4.69) is 0 Å². The summed E-state index contributed by atoms with van der Waals surface area (Å²) in [5.74, 6) is 0.627. The highest BCUT2D eigenvalue weighted by molar-refractivity contribution is 7.98. The molecule has 2 unspecified atom stereocenters. The second-order valence-electron chi connectivity index (χ2n) is 4.47. The van der Waals surface area contributed by atoms with Gasteiger partial charge in [-0.15, -0.1) is 0 Å². The average molecular weight is 261 g/mol. The van der Waals surface area contributed by atoms with Crippen molar-refractivity contribution in [1.29, 1.82) is 0 Å². The van der Waals surface area contributed by atoms with Crippen LogP contribution in [-0.4, -0.2) is 43.3 Å². The lowest BCUT2D eigenvalue weighted by molar-refractivity contribution is -0.154. The summed E-state index contributed by atoms with van der Waals surface area (Å²) in [4.78, 5) is 11.7. The zero-order valence-corrected chi connectivity index (χ0v) is 11.5. The van der Waals surface area contributed by atoms with E-state index in [-0.39, 0.29) is 18.2 Å². The Morgan fingerprint density at radius 2 is 2.18 bits per heavy atom. The summed E-state index contributed by atoms with van der Waals surface area (Å²) in [5, 5.41) is 0. The standard InChI is InChI=1S/C12H23NO3S/c1-15-9-4-3-5-10(8-9)16-12(14)11(13)6-7-17-2/h9-11H,3-8,13H2,1-2H3/t9?,10?,11-/m0/s1. The zero-order chi connectivity index (χ0) is 12.7. The van der Waals surface area contributed by atoms with Gasteiger partial charge in [0.1, 0.15) is 12.1 Å². The number of carbonyl (C=O) groups is 1. The third-order valence-corrected chi connectivity index (χ3v) is 3.77. The molecular weight excluding hydrogens is 238 g/mol. The monoisotopic (exact) mass is 261 g/mol. The molecule has 0 aliphatic heterocycles. The maximum atomic E-state index is 11.7. The molecule has 0 aromatic carbocycles. The minimum absolute atomic E-state index is 0.0125. The van der Waals surface area contributed by atoms with Gasteiger partial charge in [-0.2, -0.15) is 11.8 Å². The summed E-state index contributed by atoms with van der Waals surface area (Å²) in [6.45, 7) is 0. The molecule has 3 atom stereocenters. The van der Waals surface area contributed by atoms with E-state index < -0.39 is 6.04 Å². The van der Waals surface area contributed by atoms with Crippen molar-refractivity contribution >= 4 is 17.7 Å². The van der Waals surface area contributed by atoms with Gasteiger partial charge in [-0.3, -0.25) is 4.79 Å². The molecule has 2 N–H and O–H groups in total. The Balaban J connectivity index is 2.29. The van der Waals surface area contributed by atoms with E-state index in [1.54, 1.807) is 18.9 Å². The predicted molar refractivity (Wildman–Crippen MR) is 70.1 cm³/mol. The van der Waals surface area contributed by atoms with E-state index in [1.165, 1.54) is 0 Å². The summed E-state index contributed by atoms with van der Waals surface area (Å²) >= 11 is 1.69. The topological polar surface area (TPSA) is 61.5 Å². The average Bonchev–Trinajstić information content (AvgIpc) is 2.36. The number of methoxy groups -OCH3 is 1. The summed E-state index contributed by atoms with van der Waals surface area (Å²) in [6, 6.07) is -0.481. The number of carbonyl (C=O) groups excluding carboxylic acids is 1. The molecule has 1 saturated carbocycles. The summed E-state index contributed by atoms with van der Waals surface area (Å²) in [6.07, 6.45) is 6.74. The van der Waals surface area contributed by atoms with E-state index in [0.717, 1.165) is 31.4 Å². The SMILES string of the molecule is COC1CCCC(OC(=O)[C@@H](N)CCSC)C1. The van der Waals surface area contributed by atoms with Crippen LogP contribution in [0.25, 0.3) is 0 Å². The minimum atomic E-state index is -0.481. The van der Waals surface area contributed by atoms with Crippen molar-refractivity contribution < 1.29 is 14.3 Å². The van der Waals surface area contributed by atoms with E-state index in [1.807, 2.05) is 6.26 Å². The second kappa shape index (κ2) is 7.95. The Hall–Kier alpha value is -0.260. The van der Waals surface area contributed by atoms with Crippen molar-refractivity contribution in [2.75, 3.05) is 19.1 Å². The van der Waals surface area contributed by atoms with Gasteiger partial charge in [0.15, 0.2) is 0 Å². The Kier molecular flexibility index (Phi) is 6.92. The second-order valence-corrected chi connectivity index (χ2v) is 5.46. The summed E-state index contributed by atoms with van der Waals surface area (Å²) < 4.78 is 10.7. The Labute approximate surface area is 108 Å². The largest absolute Gasteiger partial charge is 0.461 e. The van der Waals surface area contributed by atoms with Crippen LogP contribution in [-0.2, 0) is 14.3 Å². The van der Waals surface area contributed by atoms with Gasteiger partial charge in [0.2, 0.25) is 0 Å². The van der Waals surface area contributed by atoms with Crippen LogP contribution >= 0.6 is 11.8 Å². The lowest BCUT2D eigenvalue weighted by atomic mass is 9.95. The minimum Gasteiger partial charge on any atom is -0.461 e. The van der Waals surface area contributed by atoms with Gasteiger partial charge < -0.3 is 15.2 Å². The molecule has 0 radical (unpaired) electrons. The Bertz CT molecular complexity index is 238. The van der Waals surface area contributed by atoms with Gasteiger partial charge in [0, 0.05) is 13.5 Å². The van der Waals surface area contributed by atoms with Crippen molar-refractivity contribution in [3.63, 3.8) is 0 Å². The molecule has 4 nitrogen and oxygen atoms in total. The quantitative estimate of drug-likeness (QED) is 0.735. The number of hydrogen-bond acceptors (Lipinski definition) is 5. The molecule has 100 valence electrons. The van der Waals surface area contributed by atoms with Gasteiger partial charge in [-0.25, -0.2) is 0 Å². The number of rotatable bonds is 6. The maximum absolute atomic E-state index is 11.7. The molecule has 0 amide bonds. The fraction of sp³-hybridized carbons (Fsp3) is 0.917. The van der Waals surface area contributed by atoms with Crippen LogP contribution in [0, 0.1) is 0 Å². The predicted octanol–water partition coefficient (Wildman–Crippen LogP) is 1.57. The molecule has 0 heterocycles. The number of hydrogen-bond donors (Lipinski definition) is 1. The maximum Gasteiger partial charge on any atom is 0.323 e. The van der Waals surface area contributed by atoms with Gasteiger partial charge in [0.25, 0.3) is 0 Å². The van der Waals surface area contributed by atoms with E-state index in [4.69, 9.17) is 15.2 Å². The fourth-order valence-corrected chi connectivity index (χ4v) is 2.53. The summed E-state index contributed by atoms with van der Waals surface area (Å²) in [5.41, 5.74) is 5.77. The molecule has 1 rings (SSSR count). The van der Waals surface area contributed by atoms with Crippen LogP contribution in [0.1, 0.15) is 32.1 Å². The molecule has 1 aliphatic carbocycles. The van der Waals surface area contributed by atoms with Gasteiger partial charge >= 0.3 is 5.97 Å². The first-order valence-electron chi connectivity index (χ1n) is 6.15. The van der Waals surface area contributed by atoms with Crippen molar-refractivity contribution in [3.05, 3.63) is 0 Å². The summed E-state index contributed by atoms with van der Waals surface area (Å²) in [7, 11) is 1.71. The molecular formula is C12H23NO3S. The highest BCUT2D eigenvalue weighted by atomic mass is 32.2. The molecule has 0 saturated heterocycles. The normalized spacial score (nSPS) is 26.5. The lowest BCUT2D eigenvalue weighted by Gasteiger charge is -2.28. The third-order valence-electron chi connectivity index (χ3n) is 3.13. The molecule has 1 aliphatic rings. The fourth-order valence-electron chi connectivity index (χ4n) is 2.04. The molecule has 1 fully saturated rings. The highest BCUT2D eigenvalue weighted by Gasteiger charge is 2.26. The molecule has 0 bridgehead atoms. The van der Waals surface area contributed by atoms with E-state index in [9.17, 15) is 4.79 Å². The van der Waals surface area contributed by atoms with Crippen LogP contribution in [0.2, 0.25) is 0 Å². The Morgan fingerprint density at radius 3 is 2.82 bits per heavy atom. The molecule has 5 heteroatoms. The molecule has 0 spiro atoms. The number of ether oxygens (including phenoxy) is 2. The Morgan fingerprint density at radius 1 is 1.47 bits per heavy atom. The first-order valence-corrected chi connectivity index (χ1v) is 7.54. The first kappa shape index (κ1) is 14.8. The number of esters is 1. The van der Waals surface area contributed by atoms with Crippen molar-refractivity contribution in [3.8, 4) is 0 Å². The van der Waals surface area contributed by atoms with Crippen LogP contribution in [0.5, 0.6) is 0 Å². The van der Waals surface area contributed by atoms with Gasteiger partial charge in [0.05, 0.1) is 6.10 Å². The number of nitrogens with two attached hydrogens (primary N) is 1.